The van der Waals surface area contributed by atoms with Gasteiger partial charge in [0.2, 0.25) is 5.28 Å². The van der Waals surface area contributed by atoms with Crippen molar-refractivity contribution in [2.75, 3.05) is 31.9 Å². The van der Waals surface area contributed by atoms with E-state index >= 15 is 8.78 Å². The lowest BCUT2D eigenvalue weighted by Gasteiger charge is -2.42. The second-order valence-corrected chi connectivity index (χ2v) is 12.0. The van der Waals surface area contributed by atoms with E-state index in [0.29, 0.717) is 35.6 Å². The van der Waals surface area contributed by atoms with Crippen molar-refractivity contribution < 1.29 is 27.8 Å². The molecule has 2 aliphatic rings. The van der Waals surface area contributed by atoms with Crippen molar-refractivity contribution in [1.82, 2.24) is 14.9 Å². The summed E-state index contributed by atoms with van der Waals surface area (Å²) in [4.78, 5) is 25.3. The van der Waals surface area contributed by atoms with Crippen molar-refractivity contribution in [2.24, 2.45) is 0 Å². The van der Waals surface area contributed by atoms with Crippen molar-refractivity contribution in [3.05, 3.63) is 59.4 Å². The molecule has 0 N–H and O–H groups in total. The van der Waals surface area contributed by atoms with Crippen LogP contribution in [0.25, 0.3) is 32.8 Å². The fourth-order valence-electron chi connectivity index (χ4n) is 6.03. The second-order valence-electron chi connectivity index (χ2n) is 11.7. The zero-order valence-electron chi connectivity index (χ0n) is 23.8. The standard InChI is InChI=1S/C31H31ClF2N4O4/c1-31(2,3)42-30(39)38-18-9-10-19(38)15-37(14-18)28-23-13-24(33)25(26(34)27(23)35-29(32)36-28)22-12-20(41-16-40-4)11-17-7-5-6-8-21(17)22/h5-8,11-13,18-19H,9-10,14-16H2,1-4H3. The number of nitrogens with zero attached hydrogens (tertiary/aromatic N) is 4. The van der Waals surface area contributed by atoms with E-state index in [9.17, 15) is 4.79 Å². The largest absolute Gasteiger partial charge is 0.468 e. The summed E-state index contributed by atoms with van der Waals surface area (Å²) in [6, 6.07) is 11.7. The van der Waals surface area contributed by atoms with Crippen LogP contribution in [-0.2, 0) is 9.47 Å². The van der Waals surface area contributed by atoms with Crippen LogP contribution in [0.4, 0.5) is 19.4 Å². The first-order chi connectivity index (χ1) is 20.0. The summed E-state index contributed by atoms with van der Waals surface area (Å²) in [6.07, 6.45) is 1.22. The number of anilines is 1. The fraction of sp³-hybridized carbons (Fsp3) is 0.387. The molecule has 8 nitrogen and oxygen atoms in total. The van der Waals surface area contributed by atoms with Crippen LogP contribution in [0.5, 0.6) is 5.75 Å². The second kappa shape index (κ2) is 10.8. The van der Waals surface area contributed by atoms with Crippen molar-refractivity contribution in [1.29, 1.82) is 0 Å². The van der Waals surface area contributed by atoms with Crippen LogP contribution in [0.3, 0.4) is 0 Å². The predicted molar refractivity (Wildman–Crippen MR) is 157 cm³/mol. The number of benzene rings is 3. The molecule has 2 aliphatic heterocycles. The maximum absolute atomic E-state index is 16.4. The number of carbonyl (C=O) groups is 1. The molecule has 11 heteroatoms. The summed E-state index contributed by atoms with van der Waals surface area (Å²) >= 11 is 6.34. The Morgan fingerprint density at radius 3 is 2.45 bits per heavy atom. The molecule has 0 aliphatic carbocycles. The van der Waals surface area contributed by atoms with Gasteiger partial charge in [0, 0.05) is 25.6 Å². The summed E-state index contributed by atoms with van der Waals surface area (Å²) in [7, 11) is 1.49. The molecule has 0 saturated carbocycles. The van der Waals surface area contributed by atoms with Gasteiger partial charge in [0.25, 0.3) is 0 Å². The third kappa shape index (κ3) is 5.18. The van der Waals surface area contributed by atoms with Crippen molar-refractivity contribution in [3.8, 4) is 16.9 Å². The van der Waals surface area contributed by atoms with Gasteiger partial charge in [-0.05, 0) is 79.7 Å². The van der Waals surface area contributed by atoms with Crippen LogP contribution in [0.1, 0.15) is 33.6 Å². The van der Waals surface area contributed by atoms with E-state index in [2.05, 4.69) is 9.97 Å². The lowest BCUT2D eigenvalue weighted by Crippen LogP contribution is -2.57. The number of hydrogen-bond acceptors (Lipinski definition) is 7. The van der Waals surface area contributed by atoms with E-state index in [1.165, 1.54) is 13.2 Å². The van der Waals surface area contributed by atoms with Gasteiger partial charge >= 0.3 is 6.09 Å². The minimum Gasteiger partial charge on any atom is -0.468 e. The molecule has 1 aromatic heterocycles. The molecule has 2 atom stereocenters. The summed E-state index contributed by atoms with van der Waals surface area (Å²) in [5, 5.41) is 1.45. The number of piperazine rings is 1. The molecule has 42 heavy (non-hydrogen) atoms. The number of amides is 1. The average Bonchev–Trinajstić information content (AvgIpc) is 3.20. The zero-order valence-corrected chi connectivity index (χ0v) is 24.5. The van der Waals surface area contributed by atoms with Crippen LogP contribution < -0.4 is 9.64 Å². The van der Waals surface area contributed by atoms with Gasteiger partial charge in [0.15, 0.2) is 12.6 Å². The number of hydrogen-bond donors (Lipinski definition) is 0. The normalized spacial score (nSPS) is 18.6. The van der Waals surface area contributed by atoms with E-state index in [1.807, 2.05) is 37.8 Å². The van der Waals surface area contributed by atoms with Gasteiger partial charge in [-0.2, -0.15) is 4.98 Å². The van der Waals surface area contributed by atoms with Gasteiger partial charge in [0.1, 0.15) is 28.5 Å². The van der Waals surface area contributed by atoms with Crippen LogP contribution in [0, 0.1) is 11.6 Å². The number of ether oxygens (including phenoxy) is 3. The van der Waals surface area contributed by atoms with Gasteiger partial charge in [-0.15, -0.1) is 0 Å². The minimum absolute atomic E-state index is 0.0180. The van der Waals surface area contributed by atoms with Crippen molar-refractivity contribution in [2.45, 2.75) is 51.3 Å². The third-order valence-corrected chi connectivity index (χ3v) is 7.84. The van der Waals surface area contributed by atoms with Crippen LogP contribution in [0.15, 0.2) is 42.5 Å². The Balaban J connectivity index is 1.42. The number of rotatable bonds is 5. The van der Waals surface area contributed by atoms with Gasteiger partial charge in [0.05, 0.1) is 17.6 Å². The first kappa shape index (κ1) is 28.4. The molecule has 0 radical (unpaired) electrons. The van der Waals surface area contributed by atoms with E-state index in [1.54, 1.807) is 29.2 Å². The smallest absolute Gasteiger partial charge is 0.410 e. The van der Waals surface area contributed by atoms with E-state index < -0.39 is 17.2 Å². The molecule has 2 saturated heterocycles. The van der Waals surface area contributed by atoms with E-state index in [4.69, 9.17) is 25.8 Å². The molecule has 3 aromatic carbocycles. The highest BCUT2D eigenvalue weighted by Crippen LogP contribution is 2.41. The number of halogens is 3. The van der Waals surface area contributed by atoms with Crippen molar-refractivity contribution >= 4 is 45.2 Å². The molecular weight excluding hydrogens is 566 g/mol. The Labute approximate surface area is 247 Å². The van der Waals surface area contributed by atoms with Crippen LogP contribution >= 0.6 is 11.6 Å². The Kier molecular flexibility index (Phi) is 7.31. The number of carbonyl (C=O) groups excluding carboxylic acids is 1. The van der Waals surface area contributed by atoms with Crippen molar-refractivity contribution in [3.63, 3.8) is 0 Å². The quantitative estimate of drug-likeness (QED) is 0.182. The summed E-state index contributed by atoms with van der Waals surface area (Å²) in [5.74, 6) is -0.877. The Morgan fingerprint density at radius 2 is 1.76 bits per heavy atom. The molecule has 3 heterocycles. The Hall–Kier alpha value is -3.76. The zero-order chi connectivity index (χ0) is 29.8. The third-order valence-electron chi connectivity index (χ3n) is 7.67. The molecule has 4 aromatic rings. The maximum Gasteiger partial charge on any atom is 0.410 e. The Bertz CT molecular complexity index is 1680. The summed E-state index contributed by atoms with van der Waals surface area (Å²) in [5.41, 5.74) is -0.624. The number of fused-ring (bicyclic) bond motifs is 4. The SMILES string of the molecule is COCOc1cc(-c2c(F)cc3c(N4CC5CCC(C4)N5C(=O)OC(C)(C)C)nc(Cl)nc3c2F)c2ccccc2c1. The first-order valence-electron chi connectivity index (χ1n) is 13.8. The fourth-order valence-corrected chi connectivity index (χ4v) is 6.19. The van der Waals surface area contributed by atoms with E-state index in [-0.39, 0.29) is 46.7 Å². The van der Waals surface area contributed by atoms with Crippen LogP contribution in [0.2, 0.25) is 5.28 Å². The number of methoxy groups -OCH3 is 1. The highest BCUT2D eigenvalue weighted by atomic mass is 35.5. The summed E-state index contributed by atoms with van der Waals surface area (Å²) < 4.78 is 48.7. The first-order valence-corrected chi connectivity index (χ1v) is 14.2. The molecule has 1 amide bonds. The lowest BCUT2D eigenvalue weighted by molar-refractivity contribution is 0.0123. The van der Waals surface area contributed by atoms with Crippen LogP contribution in [-0.4, -0.2) is 65.6 Å². The molecule has 2 unspecified atom stereocenters. The molecule has 2 fully saturated rings. The minimum atomic E-state index is -0.847. The average molecular weight is 597 g/mol. The molecule has 6 rings (SSSR count). The van der Waals surface area contributed by atoms with Gasteiger partial charge in [-0.25, -0.2) is 18.6 Å². The molecule has 2 bridgehead atoms. The molecular formula is C31H31ClF2N4O4. The molecule has 220 valence electrons. The highest BCUT2D eigenvalue weighted by Gasteiger charge is 2.45. The lowest BCUT2D eigenvalue weighted by atomic mass is 9.95. The molecule has 0 spiro atoms. The Morgan fingerprint density at radius 1 is 1.05 bits per heavy atom. The number of aromatic nitrogens is 2. The van der Waals surface area contributed by atoms with E-state index in [0.717, 1.165) is 18.2 Å². The topological polar surface area (TPSA) is 77.0 Å². The monoisotopic (exact) mass is 596 g/mol. The van der Waals surface area contributed by atoms with Gasteiger partial charge in [-0.3, -0.25) is 4.90 Å². The highest BCUT2D eigenvalue weighted by molar-refractivity contribution is 6.29. The predicted octanol–water partition coefficient (Wildman–Crippen LogP) is 6.95. The summed E-state index contributed by atoms with van der Waals surface area (Å²) in [6.45, 7) is 6.33. The van der Waals surface area contributed by atoms with Gasteiger partial charge in [-0.1, -0.05) is 24.3 Å². The van der Waals surface area contributed by atoms with Gasteiger partial charge < -0.3 is 19.1 Å². The maximum atomic E-state index is 16.4.